The molecule has 0 aliphatic heterocycles. The van der Waals surface area contributed by atoms with Crippen LogP contribution in [0.5, 0.6) is 0 Å². The van der Waals surface area contributed by atoms with Crippen LogP contribution < -0.4 is 15.7 Å². The van der Waals surface area contributed by atoms with Crippen LogP contribution in [0.1, 0.15) is 12.5 Å². The van der Waals surface area contributed by atoms with E-state index in [-0.39, 0.29) is 5.56 Å². The fourth-order valence-corrected chi connectivity index (χ4v) is 6.78. The zero-order valence-electron chi connectivity index (χ0n) is 14.3. The minimum Gasteiger partial charge on any atom is -0.301 e. The molecule has 1 N–H and O–H groups in total. The van der Waals surface area contributed by atoms with Gasteiger partial charge in [-0.15, -0.1) is 0 Å². The van der Waals surface area contributed by atoms with E-state index in [1.807, 2.05) is 60.7 Å². The maximum atomic E-state index is 14.4. The number of rotatable bonds is 6. The summed E-state index contributed by atoms with van der Waals surface area (Å²) in [4.78, 5) is 12.1. The van der Waals surface area contributed by atoms with Crippen molar-refractivity contribution in [3.05, 3.63) is 96.3 Å². The topological polar surface area (TPSA) is 29.1 Å². The molecule has 0 aromatic heterocycles. The van der Waals surface area contributed by atoms with E-state index in [0.717, 1.165) is 16.9 Å². The van der Waals surface area contributed by atoms with Gasteiger partial charge in [0, 0.05) is 16.2 Å². The van der Waals surface area contributed by atoms with E-state index >= 15 is 0 Å². The maximum absolute atomic E-state index is 14.4. The van der Waals surface area contributed by atoms with Gasteiger partial charge in [0.2, 0.25) is 0 Å². The highest BCUT2D eigenvalue weighted by Gasteiger charge is 2.36. The molecule has 2 nitrogen and oxygen atoms in total. The summed E-state index contributed by atoms with van der Waals surface area (Å²) < 4.78 is 14.4. The molecule has 0 fully saturated rings. The number of carbonyl (C=O) groups excluding carboxylic acids is 1. The Bertz CT molecular complexity index is 905. The third kappa shape index (κ3) is 3.54. The molecule has 0 bridgehead atoms. The number of benzene rings is 3. The monoisotopic (exact) mass is 383 g/mol. The Morgan fingerprint density at radius 3 is 1.81 bits per heavy atom. The lowest BCUT2D eigenvalue weighted by atomic mass is 9.94. The van der Waals surface area contributed by atoms with Gasteiger partial charge in [-0.2, -0.15) is 0 Å². The number of hydrogen-bond acceptors (Lipinski definition) is 2. The van der Waals surface area contributed by atoms with Crippen molar-refractivity contribution >= 4 is 34.9 Å². The summed E-state index contributed by atoms with van der Waals surface area (Å²) in [7, 11) is 0. The lowest BCUT2D eigenvalue weighted by Gasteiger charge is -2.34. The molecule has 0 saturated carbocycles. The largest absolute Gasteiger partial charge is 0.301 e. The van der Waals surface area contributed by atoms with E-state index in [0.29, 0.717) is 0 Å². The number of hydrogen-bond donors (Lipinski definition) is 1. The van der Waals surface area contributed by atoms with Crippen LogP contribution in [0, 0.1) is 5.82 Å². The molecule has 0 saturated heterocycles. The highest BCUT2D eigenvalue weighted by molar-refractivity contribution is 8.21. The lowest BCUT2D eigenvalue weighted by Crippen LogP contribution is -2.44. The smallest absolute Gasteiger partial charge is 0.144 e. The normalized spacial score (nSPS) is 13.8. The molecular weight excluding hydrogens is 364 g/mol. The number of halogens is 1. The van der Waals surface area contributed by atoms with Gasteiger partial charge in [-0.3, -0.25) is 5.09 Å². The molecule has 0 spiro atoms. The molecule has 5 heteroatoms. The van der Waals surface area contributed by atoms with E-state index < -0.39 is 17.5 Å². The first-order chi connectivity index (χ1) is 12.5. The molecule has 26 heavy (non-hydrogen) atoms. The first kappa shape index (κ1) is 18.7. The van der Waals surface area contributed by atoms with Crippen LogP contribution in [-0.4, -0.2) is 6.29 Å². The summed E-state index contributed by atoms with van der Waals surface area (Å²) in [5.74, 6) is -0.433. The van der Waals surface area contributed by atoms with Crippen LogP contribution in [-0.2, 0) is 22.1 Å². The molecule has 0 amide bonds. The van der Waals surface area contributed by atoms with Crippen molar-refractivity contribution in [3.8, 4) is 0 Å². The van der Waals surface area contributed by atoms with Crippen molar-refractivity contribution in [3.63, 3.8) is 0 Å². The average Bonchev–Trinajstić information content (AvgIpc) is 2.69. The fourth-order valence-electron chi connectivity index (χ4n) is 2.91. The van der Waals surface area contributed by atoms with Crippen molar-refractivity contribution in [2.24, 2.45) is 0 Å². The van der Waals surface area contributed by atoms with Gasteiger partial charge < -0.3 is 4.79 Å². The van der Waals surface area contributed by atoms with E-state index in [9.17, 15) is 9.18 Å². The van der Waals surface area contributed by atoms with Gasteiger partial charge in [-0.1, -0.05) is 90.7 Å². The first-order valence-electron chi connectivity index (χ1n) is 8.22. The molecule has 3 rings (SSSR count). The lowest BCUT2D eigenvalue weighted by molar-refractivity contribution is -0.112. The van der Waals surface area contributed by atoms with Crippen LogP contribution in [0.25, 0.3) is 0 Å². The molecule has 1 atom stereocenters. The van der Waals surface area contributed by atoms with E-state index in [1.54, 1.807) is 25.1 Å². The van der Waals surface area contributed by atoms with Gasteiger partial charge in [0.25, 0.3) is 0 Å². The summed E-state index contributed by atoms with van der Waals surface area (Å²) in [6.07, 6.45) is -1.83. The summed E-state index contributed by atoms with van der Waals surface area (Å²) in [6, 6.07) is 25.6. The number of nitrogens with one attached hydrogen (secondary N) is 1. The van der Waals surface area contributed by atoms with Crippen LogP contribution in [0.3, 0.4) is 0 Å². The van der Waals surface area contributed by atoms with Gasteiger partial charge in [-0.05, 0) is 13.0 Å². The van der Waals surface area contributed by atoms with Crippen LogP contribution in [0.15, 0.2) is 84.9 Å². The molecule has 0 heterocycles. The Hall–Kier alpha value is -2.13. The molecule has 0 aliphatic rings. The van der Waals surface area contributed by atoms with Crippen molar-refractivity contribution in [1.82, 2.24) is 5.09 Å². The van der Waals surface area contributed by atoms with Crippen LogP contribution in [0.4, 0.5) is 4.39 Å². The summed E-state index contributed by atoms with van der Waals surface area (Å²) >= 11 is 6.11. The molecular formula is C21H19FNOPS. The zero-order chi connectivity index (χ0) is 18.6. The zero-order valence-corrected chi connectivity index (χ0v) is 16.0. The maximum Gasteiger partial charge on any atom is 0.144 e. The second kappa shape index (κ2) is 7.63. The molecule has 3 aromatic rings. The minimum absolute atomic E-state index is 0.288. The standard InChI is InChI=1S/C21H19FNOPS/c1-21(16-24,19-14-8-9-15-20(19)22)23-25(26,17-10-4-2-5-11-17)18-12-6-3-7-13-18/h2-16H,1H3,(H,23,26)/t21-/m1/s1. The average molecular weight is 383 g/mol. The van der Waals surface area contributed by atoms with E-state index in [1.165, 1.54) is 6.07 Å². The Labute approximate surface area is 158 Å². The van der Waals surface area contributed by atoms with Gasteiger partial charge in [0.05, 0.1) is 6.19 Å². The Morgan fingerprint density at radius 2 is 1.35 bits per heavy atom. The molecule has 132 valence electrons. The second-order valence-corrected chi connectivity index (χ2v) is 10.3. The summed E-state index contributed by atoms with van der Waals surface area (Å²) in [6.45, 7) is 1.67. The van der Waals surface area contributed by atoms with Crippen molar-refractivity contribution in [1.29, 1.82) is 0 Å². The highest BCUT2D eigenvalue weighted by atomic mass is 32.4. The third-order valence-corrected chi connectivity index (χ3v) is 8.67. The van der Waals surface area contributed by atoms with E-state index in [4.69, 9.17) is 11.8 Å². The van der Waals surface area contributed by atoms with Crippen LogP contribution >= 0.6 is 6.19 Å². The Kier molecular flexibility index (Phi) is 5.47. The van der Waals surface area contributed by atoms with Gasteiger partial charge in [-0.25, -0.2) is 4.39 Å². The van der Waals surface area contributed by atoms with Crippen LogP contribution in [0.2, 0.25) is 0 Å². The first-order valence-corrected chi connectivity index (χ1v) is 11.0. The van der Waals surface area contributed by atoms with E-state index in [2.05, 4.69) is 5.09 Å². The van der Waals surface area contributed by atoms with Gasteiger partial charge in [0.15, 0.2) is 0 Å². The van der Waals surface area contributed by atoms with Crippen molar-refractivity contribution < 1.29 is 9.18 Å². The number of carbonyl (C=O) groups is 1. The Morgan fingerprint density at radius 1 is 0.885 bits per heavy atom. The molecule has 3 aromatic carbocycles. The minimum atomic E-state index is -2.56. The Balaban J connectivity index is 2.16. The predicted octanol–water partition coefficient (Wildman–Crippen LogP) is 3.87. The molecule has 0 aliphatic carbocycles. The van der Waals surface area contributed by atoms with Crippen molar-refractivity contribution in [2.75, 3.05) is 0 Å². The SMILES string of the molecule is C[C@](C=O)(NP(=S)(c1ccccc1)c1ccccc1)c1ccccc1F. The number of aldehydes is 1. The quantitative estimate of drug-likeness (QED) is 0.518. The molecule has 0 unspecified atom stereocenters. The van der Waals surface area contributed by atoms with Gasteiger partial charge >= 0.3 is 0 Å². The summed E-state index contributed by atoms with van der Waals surface area (Å²) in [5.41, 5.74) is -0.955. The predicted molar refractivity (Wildman–Crippen MR) is 109 cm³/mol. The van der Waals surface area contributed by atoms with Gasteiger partial charge in [0.1, 0.15) is 17.6 Å². The molecule has 0 radical (unpaired) electrons. The third-order valence-electron chi connectivity index (χ3n) is 4.30. The summed E-state index contributed by atoms with van der Waals surface area (Å²) in [5, 5.41) is 5.21. The van der Waals surface area contributed by atoms with Crippen molar-refractivity contribution in [2.45, 2.75) is 12.5 Å². The second-order valence-electron chi connectivity index (χ2n) is 6.19. The fraction of sp³-hybridized carbons (Fsp3) is 0.0952. The highest BCUT2D eigenvalue weighted by Crippen LogP contribution is 2.43.